The highest BCUT2D eigenvalue weighted by atomic mass is 32.2. The third-order valence-corrected chi connectivity index (χ3v) is 6.50. The summed E-state index contributed by atoms with van der Waals surface area (Å²) < 4.78 is 53.0. The smallest absolute Gasteiger partial charge is 0.214 e. The van der Waals surface area contributed by atoms with Gasteiger partial charge in [-0.05, 0) is 44.2 Å². The van der Waals surface area contributed by atoms with Crippen molar-refractivity contribution in [3.05, 3.63) is 54.1 Å². The summed E-state index contributed by atoms with van der Waals surface area (Å²) in [5.74, 6) is -1.68. The number of hydrogen-bond acceptors (Lipinski definition) is 5. The highest BCUT2D eigenvalue weighted by molar-refractivity contribution is 7.97. The Morgan fingerprint density at radius 3 is 2.25 bits per heavy atom. The first-order chi connectivity index (χ1) is 13.4. The van der Waals surface area contributed by atoms with Crippen LogP contribution in [0, 0.1) is 11.6 Å². The molecule has 1 aliphatic rings. The first-order valence-electron chi connectivity index (χ1n) is 8.85. The first kappa shape index (κ1) is 18.5. The summed E-state index contributed by atoms with van der Waals surface area (Å²) in [6, 6.07) is 11.1. The molecular formula is C20H17F2N3O2S. The second-order valence-corrected chi connectivity index (χ2v) is 8.20. The molecule has 0 aromatic heterocycles. The van der Waals surface area contributed by atoms with Gasteiger partial charge in [0.25, 0.3) is 0 Å². The van der Waals surface area contributed by atoms with Crippen molar-refractivity contribution in [3.8, 4) is 0 Å². The van der Waals surface area contributed by atoms with E-state index >= 15 is 0 Å². The van der Waals surface area contributed by atoms with E-state index in [0.717, 1.165) is 24.8 Å². The van der Waals surface area contributed by atoms with E-state index in [0.29, 0.717) is 5.69 Å². The van der Waals surface area contributed by atoms with E-state index in [1.807, 2.05) is 12.1 Å². The molecular weight excluding hydrogens is 384 g/mol. The van der Waals surface area contributed by atoms with Crippen molar-refractivity contribution >= 4 is 37.7 Å². The van der Waals surface area contributed by atoms with Crippen LogP contribution in [-0.4, -0.2) is 21.5 Å². The summed E-state index contributed by atoms with van der Waals surface area (Å²) in [4.78, 5) is 1.46. The van der Waals surface area contributed by atoms with Crippen molar-refractivity contribution in [2.24, 2.45) is 10.2 Å². The monoisotopic (exact) mass is 401 g/mol. The Hall–Kier alpha value is -2.87. The van der Waals surface area contributed by atoms with E-state index in [4.69, 9.17) is 0 Å². The molecule has 0 saturated carbocycles. The Morgan fingerprint density at radius 2 is 1.61 bits per heavy atom. The minimum atomic E-state index is -3.89. The molecule has 0 radical (unpaired) electrons. The Labute approximate surface area is 161 Å². The molecule has 0 saturated heterocycles. The molecule has 0 N–H and O–H groups in total. The molecule has 4 rings (SSSR count). The van der Waals surface area contributed by atoms with Gasteiger partial charge in [-0.2, -0.15) is 5.11 Å². The van der Waals surface area contributed by atoms with Gasteiger partial charge in [-0.25, -0.2) is 17.2 Å². The van der Waals surface area contributed by atoms with E-state index in [9.17, 15) is 17.2 Å². The summed E-state index contributed by atoms with van der Waals surface area (Å²) in [5.41, 5.74) is 1.35. The third-order valence-electron chi connectivity index (χ3n) is 4.85. The molecule has 28 heavy (non-hydrogen) atoms. The van der Waals surface area contributed by atoms with Gasteiger partial charge in [-0.15, -0.1) is 5.11 Å². The minimum absolute atomic E-state index is 0.120. The molecule has 8 heteroatoms. The molecule has 1 heterocycles. The third kappa shape index (κ3) is 2.75. The van der Waals surface area contributed by atoms with E-state index < -0.39 is 26.4 Å². The molecule has 3 aromatic rings. The van der Waals surface area contributed by atoms with Crippen LogP contribution in [0.3, 0.4) is 0 Å². The molecule has 0 spiro atoms. The zero-order valence-corrected chi connectivity index (χ0v) is 16.1. The standard InChI is InChI=1S/C20H17F2N3O2S/c1-3-25(4-2)13-10-8-12(9-11-13)23-24-18-16-14(6-5-7-15(16)21)17(22)19-20(18)28(19,26)27/h5-11H,3-4H2,1-2H3. The Balaban J connectivity index is 1.80. The second-order valence-electron chi connectivity index (χ2n) is 6.38. The Morgan fingerprint density at radius 1 is 0.929 bits per heavy atom. The molecule has 144 valence electrons. The lowest BCUT2D eigenvalue weighted by molar-refractivity contribution is 0.595. The number of halogens is 2. The fourth-order valence-electron chi connectivity index (χ4n) is 3.35. The highest BCUT2D eigenvalue weighted by Gasteiger charge is 2.48. The fourth-order valence-corrected chi connectivity index (χ4v) is 4.87. The van der Waals surface area contributed by atoms with Gasteiger partial charge >= 0.3 is 0 Å². The van der Waals surface area contributed by atoms with Crippen LogP contribution >= 0.6 is 0 Å². The van der Waals surface area contributed by atoms with Crippen molar-refractivity contribution in [2.45, 2.75) is 23.6 Å². The van der Waals surface area contributed by atoms with Gasteiger partial charge < -0.3 is 4.90 Å². The average molecular weight is 401 g/mol. The maximum absolute atomic E-state index is 14.4. The molecule has 5 nitrogen and oxygen atoms in total. The van der Waals surface area contributed by atoms with Crippen LogP contribution in [0.1, 0.15) is 13.8 Å². The van der Waals surface area contributed by atoms with Gasteiger partial charge in [0.2, 0.25) is 9.84 Å². The molecule has 1 aliphatic heterocycles. The van der Waals surface area contributed by atoms with Crippen molar-refractivity contribution in [1.82, 2.24) is 0 Å². The topological polar surface area (TPSA) is 62.1 Å². The van der Waals surface area contributed by atoms with Crippen LogP contribution in [0.25, 0.3) is 10.8 Å². The molecule has 0 amide bonds. The van der Waals surface area contributed by atoms with Crippen LogP contribution in [0.15, 0.2) is 62.5 Å². The summed E-state index contributed by atoms with van der Waals surface area (Å²) in [5, 5.41) is 7.76. The number of rotatable bonds is 5. The number of anilines is 1. The summed E-state index contributed by atoms with van der Waals surface area (Å²) >= 11 is 0. The van der Waals surface area contributed by atoms with E-state index in [-0.39, 0.29) is 21.4 Å². The van der Waals surface area contributed by atoms with Gasteiger partial charge in [-0.3, -0.25) is 0 Å². The van der Waals surface area contributed by atoms with Crippen molar-refractivity contribution < 1.29 is 17.2 Å². The van der Waals surface area contributed by atoms with Crippen LogP contribution < -0.4 is 4.90 Å². The molecule has 0 atom stereocenters. The van der Waals surface area contributed by atoms with E-state index in [1.54, 1.807) is 12.1 Å². The number of azo groups is 1. The zero-order valence-electron chi connectivity index (χ0n) is 15.3. The first-order valence-corrected chi connectivity index (χ1v) is 10.3. The van der Waals surface area contributed by atoms with Gasteiger partial charge in [-0.1, -0.05) is 12.1 Å². The predicted octanol–water partition coefficient (Wildman–Crippen LogP) is 5.53. The molecule has 0 unspecified atom stereocenters. The largest absolute Gasteiger partial charge is 0.372 e. The molecule has 0 bridgehead atoms. The maximum Gasteiger partial charge on any atom is 0.214 e. The lowest BCUT2D eigenvalue weighted by atomic mass is 10.1. The summed E-state index contributed by atoms with van der Waals surface area (Å²) in [6.45, 7) is 5.84. The Kier molecular flexibility index (Phi) is 4.38. The quantitative estimate of drug-likeness (QED) is 0.326. The normalized spacial score (nSPS) is 14.4. The number of benzene rings is 3. The zero-order chi connectivity index (χ0) is 20.1. The predicted molar refractivity (Wildman–Crippen MR) is 103 cm³/mol. The maximum atomic E-state index is 14.4. The van der Waals surface area contributed by atoms with Crippen LogP contribution in [-0.2, 0) is 9.84 Å². The molecule has 0 fully saturated rings. The average Bonchev–Trinajstić information content (AvgIpc) is 3.26. The SMILES string of the molecule is CCN(CC)c1ccc(N=Nc2c3c(c(F)c4cccc(F)c24)S3(=O)=O)cc1. The Bertz CT molecular complexity index is 1220. The van der Waals surface area contributed by atoms with Gasteiger partial charge in [0.15, 0.2) is 5.82 Å². The van der Waals surface area contributed by atoms with Crippen molar-refractivity contribution in [3.63, 3.8) is 0 Å². The fraction of sp³-hybridized carbons (Fsp3) is 0.200. The number of hydrogen-bond donors (Lipinski definition) is 0. The summed E-state index contributed by atoms with van der Waals surface area (Å²) in [6.07, 6.45) is 0. The lowest BCUT2D eigenvalue weighted by Crippen LogP contribution is -2.21. The van der Waals surface area contributed by atoms with E-state index in [1.165, 1.54) is 12.1 Å². The van der Waals surface area contributed by atoms with Gasteiger partial charge in [0.1, 0.15) is 21.3 Å². The van der Waals surface area contributed by atoms with Crippen molar-refractivity contribution in [2.75, 3.05) is 18.0 Å². The van der Waals surface area contributed by atoms with E-state index in [2.05, 4.69) is 29.0 Å². The summed E-state index contributed by atoms with van der Waals surface area (Å²) in [7, 11) is -3.89. The van der Waals surface area contributed by atoms with Gasteiger partial charge in [0, 0.05) is 29.5 Å². The highest BCUT2D eigenvalue weighted by Crippen LogP contribution is 2.53. The minimum Gasteiger partial charge on any atom is -0.372 e. The van der Waals surface area contributed by atoms with Crippen molar-refractivity contribution in [1.29, 1.82) is 0 Å². The van der Waals surface area contributed by atoms with Crippen LogP contribution in [0.2, 0.25) is 0 Å². The molecule has 0 aliphatic carbocycles. The second kappa shape index (κ2) is 6.63. The number of fused-ring (bicyclic) bond motifs is 2. The van der Waals surface area contributed by atoms with Gasteiger partial charge in [0.05, 0.1) is 5.69 Å². The van der Waals surface area contributed by atoms with Crippen LogP contribution in [0.5, 0.6) is 0 Å². The number of nitrogens with zero attached hydrogens (tertiary/aromatic N) is 3. The number of sulfone groups is 1. The lowest BCUT2D eigenvalue weighted by Gasteiger charge is -2.20. The van der Waals surface area contributed by atoms with Crippen LogP contribution in [0.4, 0.5) is 25.8 Å². The molecule has 3 aromatic carbocycles.